The number of likely N-dealkylation sites (tertiary alicyclic amines) is 1. The number of aromatic nitrogens is 1. The summed E-state index contributed by atoms with van der Waals surface area (Å²) in [6.07, 6.45) is 8.29. The third-order valence-electron chi connectivity index (χ3n) is 8.62. The Balaban J connectivity index is 1.10. The van der Waals surface area contributed by atoms with Crippen LogP contribution in [0.3, 0.4) is 0 Å². The number of nitrogens with one attached hydrogen (secondary N) is 1. The molecule has 1 aromatic heterocycles. The molecule has 2 aliphatic heterocycles. The number of rotatable bonds is 6. The molecule has 204 valence electrons. The maximum absolute atomic E-state index is 13.5. The highest BCUT2D eigenvalue weighted by atomic mass is 35.5. The van der Waals surface area contributed by atoms with Gasteiger partial charge >= 0.3 is 0 Å². The van der Waals surface area contributed by atoms with E-state index in [9.17, 15) is 13.2 Å². The van der Waals surface area contributed by atoms with E-state index in [4.69, 9.17) is 11.6 Å². The van der Waals surface area contributed by atoms with Crippen molar-refractivity contribution < 1.29 is 13.2 Å². The number of hydrogen-bond acceptors (Lipinski definition) is 5. The number of sulfonamides is 1. The molecule has 1 spiro atoms. The summed E-state index contributed by atoms with van der Waals surface area (Å²) < 4.78 is 28.8. The number of fused-ring (bicyclic) bond motifs is 1. The zero-order chi connectivity index (χ0) is 27.0. The van der Waals surface area contributed by atoms with Crippen LogP contribution in [-0.4, -0.2) is 50.4 Å². The second-order valence-corrected chi connectivity index (χ2v) is 13.4. The number of amides is 1. The highest BCUT2D eigenvalue weighted by Crippen LogP contribution is 2.42. The Labute approximate surface area is 235 Å². The predicted molar refractivity (Wildman–Crippen MR) is 153 cm³/mol. The molecule has 9 heteroatoms. The summed E-state index contributed by atoms with van der Waals surface area (Å²) in [5.41, 5.74) is 4.76. The topological polar surface area (TPSA) is 82.6 Å². The summed E-state index contributed by atoms with van der Waals surface area (Å²) in [6, 6.07) is 16.5. The summed E-state index contributed by atoms with van der Waals surface area (Å²) in [4.78, 5) is 22.0. The fraction of sp³-hybridized carbons (Fsp3) is 0.400. The molecule has 0 saturated carbocycles. The lowest BCUT2D eigenvalue weighted by molar-refractivity contribution is 0.0610. The first kappa shape index (κ1) is 26.3. The van der Waals surface area contributed by atoms with Crippen molar-refractivity contribution in [2.24, 2.45) is 5.41 Å². The van der Waals surface area contributed by atoms with Gasteiger partial charge in [-0.2, -0.15) is 0 Å². The van der Waals surface area contributed by atoms with E-state index in [1.807, 2.05) is 35.5 Å². The summed E-state index contributed by atoms with van der Waals surface area (Å²) in [5, 5.41) is 0.514. The van der Waals surface area contributed by atoms with E-state index in [1.165, 1.54) is 5.69 Å². The molecular weight excluding hydrogens is 532 g/mol. The number of halogens is 1. The number of aryl methyl sites for hydroxylation is 1. The van der Waals surface area contributed by atoms with Gasteiger partial charge in [0.25, 0.3) is 5.91 Å². The molecule has 1 atom stereocenters. The third-order valence-corrected chi connectivity index (χ3v) is 10.2. The van der Waals surface area contributed by atoms with E-state index in [2.05, 4.69) is 26.7 Å². The van der Waals surface area contributed by atoms with Crippen molar-refractivity contribution in [3.63, 3.8) is 0 Å². The molecule has 1 unspecified atom stereocenters. The largest absolute Gasteiger partial charge is 0.371 e. The molecule has 2 aromatic carbocycles. The molecule has 6 rings (SSSR count). The van der Waals surface area contributed by atoms with E-state index in [0.29, 0.717) is 22.6 Å². The highest BCUT2D eigenvalue weighted by Gasteiger charge is 2.41. The Hall–Kier alpha value is -2.94. The number of pyridine rings is 1. The maximum Gasteiger partial charge on any atom is 0.253 e. The van der Waals surface area contributed by atoms with Crippen LogP contribution in [0.4, 0.5) is 5.69 Å². The fourth-order valence-corrected chi connectivity index (χ4v) is 8.04. The molecule has 2 saturated heterocycles. The van der Waals surface area contributed by atoms with Crippen molar-refractivity contribution in [3.8, 4) is 0 Å². The maximum atomic E-state index is 13.5. The number of nitrogens with zero attached hydrogens (tertiary/aromatic N) is 3. The summed E-state index contributed by atoms with van der Waals surface area (Å²) in [7, 11) is -3.58. The lowest BCUT2D eigenvalue weighted by Gasteiger charge is -2.39. The number of benzene rings is 2. The molecule has 7 nitrogen and oxygen atoms in total. The van der Waals surface area contributed by atoms with Gasteiger partial charge in [0.05, 0.1) is 5.75 Å². The predicted octanol–water partition coefficient (Wildman–Crippen LogP) is 4.97. The first-order valence-corrected chi connectivity index (χ1v) is 15.6. The Bertz CT molecular complexity index is 1470. The molecule has 3 aromatic rings. The van der Waals surface area contributed by atoms with Crippen molar-refractivity contribution in [1.82, 2.24) is 14.6 Å². The van der Waals surface area contributed by atoms with Gasteiger partial charge in [-0.1, -0.05) is 29.8 Å². The van der Waals surface area contributed by atoms with Gasteiger partial charge in [-0.05, 0) is 90.6 Å². The van der Waals surface area contributed by atoms with Crippen LogP contribution < -0.4 is 9.62 Å². The molecule has 1 N–H and O–H groups in total. The number of piperidine rings is 1. The van der Waals surface area contributed by atoms with Gasteiger partial charge in [0.15, 0.2) is 0 Å². The van der Waals surface area contributed by atoms with Gasteiger partial charge in [-0.15, -0.1) is 0 Å². The first-order valence-electron chi connectivity index (χ1n) is 13.6. The normalized spacial score (nSPS) is 20.4. The molecule has 0 radical (unpaired) electrons. The second-order valence-electron chi connectivity index (χ2n) is 11.2. The molecule has 1 aliphatic carbocycles. The highest BCUT2D eigenvalue weighted by molar-refractivity contribution is 7.88. The van der Waals surface area contributed by atoms with E-state index in [-0.39, 0.29) is 23.1 Å². The van der Waals surface area contributed by atoms with Gasteiger partial charge in [0.2, 0.25) is 10.0 Å². The van der Waals surface area contributed by atoms with Gasteiger partial charge in [-0.3, -0.25) is 9.78 Å². The molecule has 0 bridgehead atoms. The summed E-state index contributed by atoms with van der Waals surface area (Å²) in [5.74, 6) is -0.101. The SMILES string of the molecule is O=C(c1ccc2c(c1)C(NS(=O)(=O)Cc1cccc(Cl)c1)CC2)N1CCC2(CC1)CCN(c1ccncc1)C2. The average molecular weight is 565 g/mol. The van der Waals surface area contributed by atoms with Gasteiger partial charge < -0.3 is 9.80 Å². The van der Waals surface area contributed by atoms with Crippen LogP contribution in [-0.2, 0) is 22.2 Å². The Morgan fingerprint density at radius 2 is 1.79 bits per heavy atom. The molecular formula is C30H33ClN4O3S. The molecule has 1 amide bonds. The summed E-state index contributed by atoms with van der Waals surface area (Å²) in [6.45, 7) is 3.55. The van der Waals surface area contributed by atoms with E-state index >= 15 is 0 Å². The van der Waals surface area contributed by atoms with Crippen LogP contribution in [0.2, 0.25) is 5.02 Å². The first-order chi connectivity index (χ1) is 18.8. The van der Waals surface area contributed by atoms with Crippen molar-refractivity contribution in [1.29, 1.82) is 0 Å². The lowest BCUT2D eigenvalue weighted by atomic mass is 9.77. The van der Waals surface area contributed by atoms with Gasteiger partial charge in [-0.25, -0.2) is 13.1 Å². The van der Waals surface area contributed by atoms with Crippen molar-refractivity contribution >= 4 is 33.2 Å². The molecule has 2 fully saturated rings. The number of anilines is 1. The van der Waals surface area contributed by atoms with Gasteiger partial charge in [0, 0.05) is 60.9 Å². The van der Waals surface area contributed by atoms with Crippen LogP contribution >= 0.6 is 11.6 Å². The smallest absolute Gasteiger partial charge is 0.253 e. The number of hydrogen-bond donors (Lipinski definition) is 1. The van der Waals surface area contributed by atoms with Crippen LogP contribution in [0.1, 0.15) is 58.8 Å². The lowest BCUT2D eigenvalue weighted by Crippen LogP contribution is -2.44. The zero-order valence-corrected chi connectivity index (χ0v) is 23.4. The van der Waals surface area contributed by atoms with Crippen LogP contribution in [0.25, 0.3) is 0 Å². The number of carbonyl (C=O) groups excluding carboxylic acids is 1. The Morgan fingerprint density at radius 1 is 1.03 bits per heavy atom. The minimum atomic E-state index is -3.58. The van der Waals surface area contributed by atoms with Crippen LogP contribution in [0.5, 0.6) is 0 Å². The monoisotopic (exact) mass is 564 g/mol. The third kappa shape index (κ3) is 5.69. The molecule has 3 heterocycles. The number of carbonyl (C=O) groups is 1. The van der Waals surface area contributed by atoms with Crippen LogP contribution in [0.15, 0.2) is 67.0 Å². The van der Waals surface area contributed by atoms with E-state index in [0.717, 1.165) is 63.0 Å². The Morgan fingerprint density at radius 3 is 2.56 bits per heavy atom. The van der Waals surface area contributed by atoms with Gasteiger partial charge in [0.1, 0.15) is 0 Å². The van der Waals surface area contributed by atoms with E-state index in [1.54, 1.807) is 24.3 Å². The zero-order valence-electron chi connectivity index (χ0n) is 21.9. The standard InChI is InChI=1S/C30H33ClN4O3S/c31-25-3-1-2-22(18-25)20-39(37,38)33-28-7-6-23-4-5-24(19-27(23)28)29(36)34-15-10-30(11-16-34)12-17-35(21-30)26-8-13-32-14-9-26/h1-5,8-9,13-14,18-19,28,33H,6-7,10-12,15-17,20-21H2. The van der Waals surface area contributed by atoms with Crippen molar-refractivity contribution in [2.75, 3.05) is 31.1 Å². The molecule has 39 heavy (non-hydrogen) atoms. The van der Waals surface area contributed by atoms with Crippen LogP contribution in [0, 0.1) is 5.41 Å². The summed E-state index contributed by atoms with van der Waals surface area (Å²) >= 11 is 6.03. The minimum Gasteiger partial charge on any atom is -0.371 e. The quantitative estimate of drug-likeness (QED) is 0.457. The molecule has 3 aliphatic rings. The average Bonchev–Trinajstić information content (AvgIpc) is 3.53. The van der Waals surface area contributed by atoms with Crippen molar-refractivity contribution in [2.45, 2.75) is 43.9 Å². The second kappa shape index (κ2) is 10.6. The van der Waals surface area contributed by atoms with Crippen molar-refractivity contribution in [3.05, 3.63) is 94.3 Å². The minimum absolute atomic E-state index is 0.0315. The van der Waals surface area contributed by atoms with E-state index < -0.39 is 10.0 Å². The Kier molecular flexibility index (Phi) is 7.12. The fourth-order valence-electron chi connectivity index (χ4n) is 6.45.